The van der Waals surface area contributed by atoms with Crippen molar-refractivity contribution in [2.75, 3.05) is 0 Å². The minimum absolute atomic E-state index is 0.454. The lowest BCUT2D eigenvalue weighted by Gasteiger charge is -2.09. The zero-order valence-electron chi connectivity index (χ0n) is 10.5. The highest BCUT2D eigenvalue weighted by molar-refractivity contribution is 6.30. The number of hydrogen-bond acceptors (Lipinski definition) is 3. The second kappa shape index (κ2) is 6.25. The molecule has 0 unspecified atom stereocenters. The summed E-state index contributed by atoms with van der Waals surface area (Å²) in [4.78, 5) is 0. The van der Waals surface area contributed by atoms with Crippen LogP contribution in [0.2, 0.25) is 5.02 Å². The van der Waals surface area contributed by atoms with Gasteiger partial charge in [-0.2, -0.15) is 0 Å². The van der Waals surface area contributed by atoms with Crippen molar-refractivity contribution < 1.29 is 9.94 Å². The molecule has 98 valence electrons. The van der Waals surface area contributed by atoms with E-state index in [1.165, 1.54) is 11.8 Å². The SMILES string of the molecule is Cc1cccc(COc2ccc(Cl)cc2/C=N\O)c1. The third-order valence-electron chi connectivity index (χ3n) is 2.65. The Labute approximate surface area is 117 Å². The summed E-state index contributed by atoms with van der Waals surface area (Å²) in [6.45, 7) is 2.49. The summed E-state index contributed by atoms with van der Waals surface area (Å²) in [5.74, 6) is 0.628. The van der Waals surface area contributed by atoms with Gasteiger partial charge in [0.05, 0.1) is 6.21 Å². The molecule has 0 saturated heterocycles. The van der Waals surface area contributed by atoms with Gasteiger partial charge in [0.2, 0.25) is 0 Å². The summed E-state index contributed by atoms with van der Waals surface area (Å²) in [6.07, 6.45) is 1.30. The Hall–Kier alpha value is -2.00. The van der Waals surface area contributed by atoms with E-state index in [0.29, 0.717) is 22.9 Å². The minimum Gasteiger partial charge on any atom is -0.488 e. The molecule has 0 fully saturated rings. The van der Waals surface area contributed by atoms with Crippen molar-refractivity contribution in [2.24, 2.45) is 5.16 Å². The van der Waals surface area contributed by atoms with Gasteiger partial charge in [-0.15, -0.1) is 0 Å². The minimum atomic E-state index is 0.454. The van der Waals surface area contributed by atoms with Crippen LogP contribution in [0.25, 0.3) is 0 Å². The normalized spacial score (nSPS) is 10.8. The first-order chi connectivity index (χ1) is 9.19. The van der Waals surface area contributed by atoms with Gasteiger partial charge in [-0.05, 0) is 30.7 Å². The molecule has 19 heavy (non-hydrogen) atoms. The van der Waals surface area contributed by atoms with E-state index in [-0.39, 0.29) is 0 Å². The van der Waals surface area contributed by atoms with Crippen molar-refractivity contribution >= 4 is 17.8 Å². The van der Waals surface area contributed by atoms with E-state index in [9.17, 15) is 0 Å². The Bertz CT molecular complexity index is 596. The summed E-state index contributed by atoms with van der Waals surface area (Å²) in [6, 6.07) is 13.3. The molecule has 0 bridgehead atoms. The van der Waals surface area contributed by atoms with E-state index >= 15 is 0 Å². The Morgan fingerprint density at radius 3 is 2.84 bits per heavy atom. The molecule has 2 rings (SSSR count). The van der Waals surface area contributed by atoms with E-state index in [2.05, 4.69) is 11.2 Å². The van der Waals surface area contributed by atoms with Crippen LogP contribution in [0.3, 0.4) is 0 Å². The highest BCUT2D eigenvalue weighted by Gasteiger charge is 2.04. The van der Waals surface area contributed by atoms with Gasteiger partial charge in [0.1, 0.15) is 12.4 Å². The number of ether oxygens (including phenoxy) is 1. The van der Waals surface area contributed by atoms with Crippen LogP contribution in [-0.2, 0) is 6.61 Å². The molecule has 1 N–H and O–H groups in total. The van der Waals surface area contributed by atoms with Gasteiger partial charge in [-0.1, -0.05) is 46.6 Å². The number of aryl methyl sites for hydroxylation is 1. The molecule has 0 aliphatic carbocycles. The molecule has 0 aliphatic rings. The summed E-state index contributed by atoms with van der Waals surface area (Å²) in [5.41, 5.74) is 2.92. The van der Waals surface area contributed by atoms with Crippen LogP contribution in [0.15, 0.2) is 47.6 Å². The lowest BCUT2D eigenvalue weighted by atomic mass is 10.1. The van der Waals surface area contributed by atoms with E-state index in [1.54, 1.807) is 18.2 Å². The van der Waals surface area contributed by atoms with Crippen LogP contribution in [0.1, 0.15) is 16.7 Å². The molecule has 3 nitrogen and oxygen atoms in total. The van der Waals surface area contributed by atoms with E-state index in [4.69, 9.17) is 21.5 Å². The summed E-state index contributed by atoms with van der Waals surface area (Å²) in [5, 5.41) is 12.2. The molecule has 2 aromatic carbocycles. The van der Waals surface area contributed by atoms with Crippen molar-refractivity contribution in [3.8, 4) is 5.75 Å². The van der Waals surface area contributed by atoms with E-state index < -0.39 is 0 Å². The molecule has 0 heterocycles. The first-order valence-electron chi connectivity index (χ1n) is 5.84. The van der Waals surface area contributed by atoms with Crippen molar-refractivity contribution in [3.05, 3.63) is 64.2 Å². The Morgan fingerprint density at radius 1 is 1.26 bits per heavy atom. The fourth-order valence-electron chi connectivity index (χ4n) is 1.78. The Balaban J connectivity index is 2.15. The molecule has 0 radical (unpaired) electrons. The smallest absolute Gasteiger partial charge is 0.128 e. The molecule has 0 atom stereocenters. The quantitative estimate of drug-likeness (QED) is 0.520. The number of benzene rings is 2. The van der Waals surface area contributed by atoms with Crippen LogP contribution in [-0.4, -0.2) is 11.4 Å². The average Bonchev–Trinajstić information content (AvgIpc) is 2.38. The molecule has 0 amide bonds. The zero-order chi connectivity index (χ0) is 13.7. The van der Waals surface area contributed by atoms with Gasteiger partial charge < -0.3 is 9.94 Å². The van der Waals surface area contributed by atoms with Crippen molar-refractivity contribution in [2.45, 2.75) is 13.5 Å². The van der Waals surface area contributed by atoms with Crippen LogP contribution in [0.4, 0.5) is 0 Å². The van der Waals surface area contributed by atoms with Crippen LogP contribution in [0, 0.1) is 6.92 Å². The van der Waals surface area contributed by atoms with Gasteiger partial charge in [-0.25, -0.2) is 0 Å². The zero-order valence-corrected chi connectivity index (χ0v) is 11.3. The molecule has 0 aromatic heterocycles. The molecular weight excluding hydrogens is 262 g/mol. The Morgan fingerprint density at radius 2 is 2.11 bits per heavy atom. The third kappa shape index (κ3) is 3.73. The third-order valence-corrected chi connectivity index (χ3v) is 2.88. The highest BCUT2D eigenvalue weighted by atomic mass is 35.5. The van der Waals surface area contributed by atoms with E-state index in [0.717, 1.165) is 5.56 Å². The molecule has 2 aromatic rings. The first-order valence-corrected chi connectivity index (χ1v) is 6.22. The fourth-order valence-corrected chi connectivity index (χ4v) is 1.96. The second-order valence-electron chi connectivity index (χ2n) is 4.20. The maximum absolute atomic E-state index is 8.63. The fraction of sp³-hybridized carbons (Fsp3) is 0.133. The molecular formula is C15H14ClNO2. The maximum atomic E-state index is 8.63. The molecule has 0 aliphatic heterocycles. The maximum Gasteiger partial charge on any atom is 0.128 e. The first kappa shape index (κ1) is 13.4. The van der Waals surface area contributed by atoms with Crippen molar-refractivity contribution in [1.82, 2.24) is 0 Å². The monoisotopic (exact) mass is 275 g/mol. The van der Waals surface area contributed by atoms with Gasteiger partial charge in [0, 0.05) is 10.6 Å². The second-order valence-corrected chi connectivity index (χ2v) is 4.64. The largest absolute Gasteiger partial charge is 0.488 e. The highest BCUT2D eigenvalue weighted by Crippen LogP contribution is 2.22. The number of rotatable bonds is 4. The van der Waals surface area contributed by atoms with E-state index in [1.807, 2.05) is 25.1 Å². The standard InChI is InChI=1S/C15H14ClNO2/c1-11-3-2-4-12(7-11)10-19-15-6-5-14(16)8-13(15)9-17-18/h2-9,18H,10H2,1H3/b17-9-. The molecule has 4 heteroatoms. The lowest BCUT2D eigenvalue weighted by Crippen LogP contribution is -1.98. The Kier molecular flexibility index (Phi) is 4.42. The molecule has 0 saturated carbocycles. The summed E-state index contributed by atoms with van der Waals surface area (Å²) < 4.78 is 5.72. The van der Waals surface area contributed by atoms with Crippen LogP contribution in [0.5, 0.6) is 5.75 Å². The van der Waals surface area contributed by atoms with Gasteiger partial charge in [-0.3, -0.25) is 0 Å². The van der Waals surface area contributed by atoms with Gasteiger partial charge in [0.15, 0.2) is 0 Å². The predicted molar refractivity (Wildman–Crippen MR) is 76.3 cm³/mol. The number of oxime groups is 1. The average molecular weight is 276 g/mol. The number of nitrogens with zero attached hydrogens (tertiary/aromatic N) is 1. The van der Waals surface area contributed by atoms with Gasteiger partial charge >= 0.3 is 0 Å². The topological polar surface area (TPSA) is 41.8 Å². The summed E-state index contributed by atoms with van der Waals surface area (Å²) in [7, 11) is 0. The molecule has 0 spiro atoms. The van der Waals surface area contributed by atoms with Crippen molar-refractivity contribution in [1.29, 1.82) is 0 Å². The lowest BCUT2D eigenvalue weighted by molar-refractivity contribution is 0.304. The van der Waals surface area contributed by atoms with Crippen LogP contribution >= 0.6 is 11.6 Å². The predicted octanol–water partition coefficient (Wildman–Crippen LogP) is 4.04. The van der Waals surface area contributed by atoms with Gasteiger partial charge in [0.25, 0.3) is 0 Å². The number of halogens is 1. The number of hydrogen-bond donors (Lipinski definition) is 1. The van der Waals surface area contributed by atoms with Crippen LogP contribution < -0.4 is 4.74 Å². The van der Waals surface area contributed by atoms with Crippen molar-refractivity contribution in [3.63, 3.8) is 0 Å². The summed E-state index contributed by atoms with van der Waals surface area (Å²) >= 11 is 5.89.